The Balaban J connectivity index is 3.15. The Morgan fingerprint density at radius 2 is 2.38 bits per heavy atom. The fraction of sp³-hybridized carbons (Fsp3) is 0.545. The SMILES string of the molecule is CCOC(=O)C(C)(C#N)c1nccn1CC. The minimum absolute atomic E-state index is 0.253. The van der Waals surface area contributed by atoms with Crippen LogP contribution >= 0.6 is 0 Å². The number of carbonyl (C=O) groups excluding carboxylic acids is 1. The molecule has 5 heteroatoms. The van der Waals surface area contributed by atoms with Crippen molar-refractivity contribution in [3.05, 3.63) is 18.2 Å². The molecule has 0 aliphatic rings. The van der Waals surface area contributed by atoms with Gasteiger partial charge in [-0.15, -0.1) is 0 Å². The summed E-state index contributed by atoms with van der Waals surface area (Å²) in [4.78, 5) is 15.8. The van der Waals surface area contributed by atoms with Crippen molar-refractivity contribution in [2.75, 3.05) is 6.61 Å². The summed E-state index contributed by atoms with van der Waals surface area (Å²) in [5, 5.41) is 9.17. The summed E-state index contributed by atoms with van der Waals surface area (Å²) in [7, 11) is 0. The normalized spacial score (nSPS) is 13.9. The van der Waals surface area contributed by atoms with Crippen molar-refractivity contribution < 1.29 is 9.53 Å². The Labute approximate surface area is 94.7 Å². The Bertz CT molecular complexity index is 419. The molecule has 0 aromatic carbocycles. The molecule has 0 spiro atoms. The van der Waals surface area contributed by atoms with Crippen LogP contribution in [-0.2, 0) is 21.5 Å². The number of nitrogens with zero attached hydrogens (tertiary/aromatic N) is 3. The van der Waals surface area contributed by atoms with Crippen molar-refractivity contribution in [3.8, 4) is 6.07 Å². The van der Waals surface area contributed by atoms with Crippen LogP contribution < -0.4 is 0 Å². The van der Waals surface area contributed by atoms with E-state index in [1.165, 1.54) is 6.92 Å². The van der Waals surface area contributed by atoms with E-state index in [4.69, 9.17) is 10.00 Å². The maximum atomic E-state index is 11.8. The average Bonchev–Trinajstić information content (AvgIpc) is 2.76. The zero-order chi connectivity index (χ0) is 12.2. The smallest absolute Gasteiger partial charge is 0.334 e. The molecule has 0 saturated carbocycles. The van der Waals surface area contributed by atoms with E-state index in [9.17, 15) is 4.79 Å². The third-order valence-corrected chi connectivity index (χ3v) is 2.41. The highest BCUT2D eigenvalue weighted by Gasteiger charge is 2.41. The van der Waals surface area contributed by atoms with Crippen molar-refractivity contribution >= 4 is 5.97 Å². The third-order valence-electron chi connectivity index (χ3n) is 2.41. The molecule has 0 bridgehead atoms. The van der Waals surface area contributed by atoms with E-state index in [-0.39, 0.29) is 6.61 Å². The van der Waals surface area contributed by atoms with Crippen LogP contribution in [0.25, 0.3) is 0 Å². The van der Waals surface area contributed by atoms with Crippen LogP contribution in [0, 0.1) is 11.3 Å². The summed E-state index contributed by atoms with van der Waals surface area (Å²) in [6, 6.07) is 1.98. The molecule has 1 atom stereocenters. The monoisotopic (exact) mass is 221 g/mol. The number of imidazole rings is 1. The van der Waals surface area contributed by atoms with Crippen LogP contribution in [0.15, 0.2) is 12.4 Å². The summed E-state index contributed by atoms with van der Waals surface area (Å²) in [5.41, 5.74) is -1.34. The van der Waals surface area contributed by atoms with Gasteiger partial charge < -0.3 is 9.30 Å². The molecule has 1 heterocycles. The van der Waals surface area contributed by atoms with Crippen molar-refractivity contribution in [3.63, 3.8) is 0 Å². The van der Waals surface area contributed by atoms with E-state index in [0.29, 0.717) is 12.4 Å². The Morgan fingerprint density at radius 3 is 2.88 bits per heavy atom. The van der Waals surface area contributed by atoms with Gasteiger partial charge in [0.05, 0.1) is 12.7 Å². The number of nitriles is 1. The van der Waals surface area contributed by atoms with E-state index >= 15 is 0 Å². The fourth-order valence-electron chi connectivity index (χ4n) is 1.46. The standard InChI is InChI=1S/C11H15N3O2/c1-4-14-7-6-13-9(14)11(3,8-12)10(15)16-5-2/h6-7H,4-5H2,1-3H3. The summed E-state index contributed by atoms with van der Waals surface area (Å²) >= 11 is 0. The first-order valence-corrected chi connectivity index (χ1v) is 5.20. The van der Waals surface area contributed by atoms with Gasteiger partial charge in [0.25, 0.3) is 0 Å². The molecule has 1 rings (SSSR count). The lowest BCUT2D eigenvalue weighted by molar-refractivity contribution is -0.147. The van der Waals surface area contributed by atoms with Gasteiger partial charge in [-0.1, -0.05) is 0 Å². The van der Waals surface area contributed by atoms with E-state index in [0.717, 1.165) is 0 Å². The summed E-state index contributed by atoms with van der Waals surface area (Å²) < 4.78 is 6.67. The van der Waals surface area contributed by atoms with Gasteiger partial charge >= 0.3 is 5.97 Å². The predicted octanol–water partition coefficient (Wildman–Crippen LogP) is 1.25. The first-order valence-electron chi connectivity index (χ1n) is 5.20. The lowest BCUT2D eigenvalue weighted by Gasteiger charge is -2.19. The second-order valence-electron chi connectivity index (χ2n) is 3.49. The lowest BCUT2D eigenvalue weighted by atomic mass is 9.91. The van der Waals surface area contributed by atoms with Gasteiger partial charge in [-0.25, -0.2) is 9.78 Å². The van der Waals surface area contributed by atoms with E-state index in [2.05, 4.69) is 4.98 Å². The van der Waals surface area contributed by atoms with Crippen LogP contribution in [0.4, 0.5) is 0 Å². The van der Waals surface area contributed by atoms with Gasteiger partial charge in [0.15, 0.2) is 0 Å². The minimum atomic E-state index is -1.34. The zero-order valence-corrected chi connectivity index (χ0v) is 9.73. The van der Waals surface area contributed by atoms with Gasteiger partial charge in [-0.2, -0.15) is 5.26 Å². The summed E-state index contributed by atoms with van der Waals surface area (Å²) in [6.45, 7) is 6.07. The van der Waals surface area contributed by atoms with Gasteiger partial charge in [0.2, 0.25) is 5.41 Å². The van der Waals surface area contributed by atoms with E-state index < -0.39 is 11.4 Å². The van der Waals surface area contributed by atoms with E-state index in [1.54, 1.807) is 23.9 Å². The zero-order valence-electron chi connectivity index (χ0n) is 9.73. The second kappa shape index (κ2) is 4.79. The van der Waals surface area contributed by atoms with Crippen LogP contribution in [0.3, 0.4) is 0 Å². The number of ether oxygens (including phenoxy) is 1. The molecule has 5 nitrogen and oxygen atoms in total. The van der Waals surface area contributed by atoms with Crippen molar-refractivity contribution in [1.82, 2.24) is 9.55 Å². The Kier molecular flexibility index (Phi) is 3.67. The maximum Gasteiger partial charge on any atom is 0.334 e. The topological polar surface area (TPSA) is 67.9 Å². The summed E-state index contributed by atoms with van der Waals surface area (Å²) in [6.07, 6.45) is 3.32. The number of rotatable bonds is 4. The largest absolute Gasteiger partial charge is 0.464 e. The molecule has 0 saturated heterocycles. The molecule has 0 fully saturated rings. The molecule has 0 radical (unpaired) electrons. The minimum Gasteiger partial charge on any atom is -0.464 e. The van der Waals surface area contributed by atoms with Gasteiger partial charge in [0, 0.05) is 18.9 Å². The number of esters is 1. The number of hydrogen-bond donors (Lipinski definition) is 0. The lowest BCUT2D eigenvalue weighted by Crippen LogP contribution is -2.35. The molecule has 0 aliphatic carbocycles. The average molecular weight is 221 g/mol. The van der Waals surface area contributed by atoms with Crippen molar-refractivity contribution in [2.24, 2.45) is 0 Å². The molecular weight excluding hydrogens is 206 g/mol. The summed E-state index contributed by atoms with van der Waals surface area (Å²) in [5.74, 6) is -0.130. The molecule has 0 N–H and O–H groups in total. The molecule has 86 valence electrons. The van der Waals surface area contributed by atoms with Crippen LogP contribution in [0.2, 0.25) is 0 Å². The molecule has 1 unspecified atom stereocenters. The Morgan fingerprint density at radius 1 is 1.69 bits per heavy atom. The van der Waals surface area contributed by atoms with Crippen molar-refractivity contribution in [2.45, 2.75) is 32.7 Å². The third kappa shape index (κ3) is 1.91. The quantitative estimate of drug-likeness (QED) is 0.717. The van der Waals surface area contributed by atoms with E-state index in [1.807, 2.05) is 13.0 Å². The first-order chi connectivity index (χ1) is 7.60. The van der Waals surface area contributed by atoms with Crippen LogP contribution in [0.1, 0.15) is 26.6 Å². The number of aromatic nitrogens is 2. The van der Waals surface area contributed by atoms with Gasteiger partial charge in [0.1, 0.15) is 5.82 Å². The predicted molar refractivity (Wildman–Crippen MR) is 57.5 cm³/mol. The number of hydrogen-bond acceptors (Lipinski definition) is 4. The molecule has 0 amide bonds. The molecule has 0 aliphatic heterocycles. The highest BCUT2D eigenvalue weighted by atomic mass is 16.5. The second-order valence-corrected chi connectivity index (χ2v) is 3.49. The Hall–Kier alpha value is -1.83. The van der Waals surface area contributed by atoms with Gasteiger partial charge in [-0.05, 0) is 20.8 Å². The fourth-order valence-corrected chi connectivity index (χ4v) is 1.46. The highest BCUT2D eigenvalue weighted by molar-refractivity contribution is 5.85. The van der Waals surface area contributed by atoms with Crippen LogP contribution in [0.5, 0.6) is 0 Å². The van der Waals surface area contributed by atoms with Crippen LogP contribution in [-0.4, -0.2) is 22.1 Å². The highest BCUT2D eigenvalue weighted by Crippen LogP contribution is 2.23. The molecule has 1 aromatic rings. The molecule has 16 heavy (non-hydrogen) atoms. The number of aryl methyl sites for hydroxylation is 1. The molecule has 1 aromatic heterocycles. The van der Waals surface area contributed by atoms with Crippen molar-refractivity contribution in [1.29, 1.82) is 5.26 Å². The molecular formula is C11H15N3O2. The number of carbonyl (C=O) groups is 1. The first kappa shape index (κ1) is 12.2. The maximum absolute atomic E-state index is 11.8. The van der Waals surface area contributed by atoms with Gasteiger partial charge in [-0.3, -0.25) is 0 Å².